The molecule has 2 aromatic heterocycles. The number of fused-ring (bicyclic) bond motifs is 2. The first kappa shape index (κ1) is 42.7. The van der Waals surface area contributed by atoms with E-state index in [1.54, 1.807) is 26.0 Å². The number of esters is 3. The van der Waals surface area contributed by atoms with Crippen molar-refractivity contribution in [3.05, 3.63) is 116 Å². The lowest BCUT2D eigenvalue weighted by molar-refractivity contribution is -0.154. The zero-order valence-corrected chi connectivity index (χ0v) is 32.4. The predicted molar refractivity (Wildman–Crippen MR) is 215 cm³/mol. The van der Waals surface area contributed by atoms with Crippen LogP contribution in [-0.4, -0.2) is 68.9 Å². The first-order valence-corrected chi connectivity index (χ1v) is 19.1. The summed E-state index contributed by atoms with van der Waals surface area (Å²) < 4.78 is 39.5. The first-order chi connectivity index (χ1) is 28.0. The molecule has 306 valence electrons. The van der Waals surface area contributed by atoms with Gasteiger partial charge in [0.25, 0.3) is 0 Å². The third-order valence-electron chi connectivity index (χ3n) is 8.81. The topological polar surface area (TPSA) is 220 Å². The van der Waals surface area contributed by atoms with Crippen LogP contribution in [0.3, 0.4) is 0 Å². The molecule has 0 aliphatic heterocycles. The number of ether oxygens (including phenoxy) is 5. The number of hydrogen-bond donors (Lipinski definition) is 3. The molecule has 15 heteroatoms. The van der Waals surface area contributed by atoms with E-state index in [1.165, 1.54) is 29.8 Å². The lowest BCUT2D eigenvalue weighted by Crippen LogP contribution is -2.39. The number of hydrogen-bond acceptors (Lipinski definition) is 14. The molecule has 0 fully saturated rings. The average molecular weight is 798 g/mol. The number of rotatable bonds is 21. The molecule has 2 heterocycles. The molecule has 0 bridgehead atoms. The van der Waals surface area contributed by atoms with E-state index in [0.29, 0.717) is 38.1 Å². The minimum Gasteiger partial charge on any atom is -0.489 e. The molecule has 0 amide bonds. The molecule has 4 N–H and O–H groups in total. The van der Waals surface area contributed by atoms with Gasteiger partial charge in [0.15, 0.2) is 17.0 Å². The van der Waals surface area contributed by atoms with Crippen molar-refractivity contribution in [3.8, 4) is 11.5 Å². The van der Waals surface area contributed by atoms with Gasteiger partial charge in [-0.2, -0.15) is 0 Å². The molecule has 3 aromatic carbocycles. The summed E-state index contributed by atoms with van der Waals surface area (Å²) in [6.07, 6.45) is 2.74. The highest BCUT2D eigenvalue weighted by Gasteiger charge is 2.24. The normalized spacial score (nSPS) is 12.1. The number of nitrogens with one attached hydrogen (secondary N) is 2. The van der Waals surface area contributed by atoms with Gasteiger partial charge in [0.1, 0.15) is 52.7 Å². The van der Waals surface area contributed by atoms with Crippen molar-refractivity contribution < 1.29 is 46.9 Å². The number of unbranched alkanes of at least 4 members (excludes halogenated alkanes) is 2. The Hall–Kier alpha value is -6.48. The lowest BCUT2D eigenvalue weighted by Gasteiger charge is -2.22. The summed E-state index contributed by atoms with van der Waals surface area (Å²) in [4.78, 5) is 64.7. The summed E-state index contributed by atoms with van der Waals surface area (Å²) in [6, 6.07) is 20.2. The highest BCUT2D eigenvalue weighted by atomic mass is 16.6. The molecule has 5 aromatic rings. The van der Waals surface area contributed by atoms with Gasteiger partial charge in [0.05, 0.1) is 19.0 Å². The van der Waals surface area contributed by atoms with E-state index in [9.17, 15) is 24.0 Å². The van der Waals surface area contributed by atoms with Crippen molar-refractivity contribution in [3.63, 3.8) is 0 Å². The Kier molecular flexibility index (Phi) is 15.6. The summed E-state index contributed by atoms with van der Waals surface area (Å²) in [5.74, 6) is -2.32. The van der Waals surface area contributed by atoms with E-state index >= 15 is 0 Å². The molecule has 1 unspecified atom stereocenters. The molecule has 58 heavy (non-hydrogen) atoms. The van der Waals surface area contributed by atoms with Crippen molar-refractivity contribution in [1.82, 2.24) is 5.32 Å². The van der Waals surface area contributed by atoms with Crippen LogP contribution in [0.1, 0.15) is 72.6 Å². The Morgan fingerprint density at radius 1 is 0.759 bits per heavy atom. The second kappa shape index (κ2) is 21.2. The third kappa shape index (κ3) is 12.0. The van der Waals surface area contributed by atoms with Crippen LogP contribution in [0, 0.1) is 5.41 Å². The summed E-state index contributed by atoms with van der Waals surface area (Å²) in [5.41, 5.74) is 6.39. The standard InChI is InChI=1S/C43H47N3O12/c1-3-52-42(50)37-23-31(47)39-33(17-11-19-35(39)57-37)54-25-29(56-41(49)30(45)16-7-9-21-46-27(2)44)26-55-34-18-12-20-36-40(34)32(48)24-38(58-36)43(51)53-22-10-8-15-28-13-5-4-6-14-28/h4-6,11-14,17-20,23-24,29-30H,3,7-10,15-16,21-22,25-26,45H2,1-2H3,(H2,44,46)/t29?,30-/m0/s1. The van der Waals surface area contributed by atoms with Gasteiger partial charge in [0.2, 0.25) is 11.5 Å². The van der Waals surface area contributed by atoms with E-state index < -0.39 is 40.9 Å². The fourth-order valence-corrected chi connectivity index (χ4v) is 5.93. The molecule has 5 rings (SSSR count). The maximum absolute atomic E-state index is 13.4. The van der Waals surface area contributed by atoms with Gasteiger partial charge in [-0.15, -0.1) is 0 Å². The molecular formula is C43H47N3O12. The smallest absolute Gasteiger partial charge is 0.374 e. The van der Waals surface area contributed by atoms with Crippen LogP contribution in [0.15, 0.2) is 97.3 Å². The minimum absolute atomic E-state index is 0.0418. The molecule has 0 aliphatic rings. The Morgan fingerprint density at radius 2 is 1.34 bits per heavy atom. The highest BCUT2D eigenvalue weighted by molar-refractivity contribution is 5.91. The number of carbonyl (C=O) groups is 3. The molecule has 15 nitrogen and oxygen atoms in total. The second-order valence-corrected chi connectivity index (χ2v) is 13.3. The zero-order valence-electron chi connectivity index (χ0n) is 32.4. The molecular weight excluding hydrogens is 750 g/mol. The van der Waals surface area contributed by atoms with Crippen LogP contribution in [0.2, 0.25) is 0 Å². The molecule has 0 spiro atoms. The van der Waals surface area contributed by atoms with Crippen LogP contribution in [-0.2, 0) is 25.4 Å². The van der Waals surface area contributed by atoms with Gasteiger partial charge in [0, 0.05) is 18.7 Å². The quantitative estimate of drug-likeness (QED) is 0.0266. The molecule has 2 atom stereocenters. The van der Waals surface area contributed by atoms with Gasteiger partial charge >= 0.3 is 17.9 Å². The van der Waals surface area contributed by atoms with Gasteiger partial charge in [-0.05, 0) is 82.2 Å². The first-order valence-electron chi connectivity index (χ1n) is 19.1. The van der Waals surface area contributed by atoms with Crippen molar-refractivity contribution in [2.75, 3.05) is 33.0 Å². The fraction of sp³-hybridized carbons (Fsp3) is 0.349. The molecule has 0 radical (unpaired) electrons. The fourth-order valence-electron chi connectivity index (χ4n) is 5.93. The summed E-state index contributed by atoms with van der Waals surface area (Å²) in [5, 5.41) is 10.5. The molecule has 0 saturated heterocycles. The van der Waals surface area contributed by atoms with Crippen LogP contribution >= 0.6 is 0 Å². The van der Waals surface area contributed by atoms with Crippen LogP contribution in [0.4, 0.5) is 0 Å². The van der Waals surface area contributed by atoms with E-state index in [4.69, 9.17) is 43.7 Å². The lowest BCUT2D eigenvalue weighted by atomic mass is 10.1. The van der Waals surface area contributed by atoms with Crippen LogP contribution in [0.25, 0.3) is 21.9 Å². The largest absolute Gasteiger partial charge is 0.489 e. The third-order valence-corrected chi connectivity index (χ3v) is 8.81. The Labute approximate surface area is 333 Å². The van der Waals surface area contributed by atoms with Crippen molar-refractivity contribution >= 4 is 45.7 Å². The van der Waals surface area contributed by atoms with Crippen molar-refractivity contribution in [1.29, 1.82) is 5.41 Å². The Morgan fingerprint density at radius 3 is 1.91 bits per heavy atom. The highest BCUT2D eigenvalue weighted by Crippen LogP contribution is 2.26. The summed E-state index contributed by atoms with van der Waals surface area (Å²) in [6.45, 7) is 3.42. The SMILES string of the molecule is CCOC(=O)c1cc(=O)c2c(OCC(COc3cccc4oc(C(=O)OCCCCc5ccccc5)cc(=O)c34)OC(=O)[C@@H](N)CCCCNC(C)=N)cccc2o1. The van der Waals surface area contributed by atoms with Crippen LogP contribution in [0.5, 0.6) is 11.5 Å². The predicted octanol–water partition coefficient (Wildman–Crippen LogP) is 5.71. The van der Waals surface area contributed by atoms with Gasteiger partial charge < -0.3 is 43.6 Å². The van der Waals surface area contributed by atoms with Crippen LogP contribution < -0.4 is 31.4 Å². The maximum Gasteiger partial charge on any atom is 0.374 e. The Balaban J connectivity index is 1.29. The number of aryl methyl sites for hydroxylation is 1. The van der Waals surface area contributed by atoms with E-state index in [0.717, 1.165) is 25.0 Å². The number of nitrogens with two attached hydrogens (primary N) is 1. The number of benzene rings is 3. The number of amidine groups is 1. The molecule has 0 saturated carbocycles. The minimum atomic E-state index is -1.11. The van der Waals surface area contributed by atoms with E-state index in [1.807, 2.05) is 30.3 Å². The molecule has 0 aliphatic carbocycles. The van der Waals surface area contributed by atoms with Gasteiger partial charge in [-0.3, -0.25) is 19.8 Å². The second-order valence-electron chi connectivity index (χ2n) is 13.3. The monoisotopic (exact) mass is 797 g/mol. The van der Waals surface area contributed by atoms with E-state index in [-0.39, 0.29) is 71.4 Å². The zero-order chi connectivity index (χ0) is 41.4. The summed E-state index contributed by atoms with van der Waals surface area (Å²) >= 11 is 0. The van der Waals surface area contributed by atoms with Gasteiger partial charge in [-0.1, -0.05) is 42.5 Å². The van der Waals surface area contributed by atoms with E-state index in [2.05, 4.69) is 5.32 Å². The van der Waals surface area contributed by atoms with Gasteiger partial charge in [-0.25, -0.2) is 9.59 Å². The maximum atomic E-state index is 13.4. The van der Waals surface area contributed by atoms with Crippen molar-refractivity contribution in [2.24, 2.45) is 5.73 Å². The Bertz CT molecular complexity index is 2320. The number of carbonyl (C=O) groups excluding carboxylic acids is 3. The van der Waals surface area contributed by atoms with Crippen molar-refractivity contribution in [2.45, 2.75) is 64.5 Å². The average Bonchev–Trinajstić information content (AvgIpc) is 3.21. The summed E-state index contributed by atoms with van der Waals surface area (Å²) in [7, 11) is 0.